The highest BCUT2D eigenvalue weighted by Gasteiger charge is 1.98. The number of allylic oxidation sites excluding steroid dienone is 2. The Morgan fingerprint density at radius 1 is 1.39 bits per heavy atom. The second-order valence-corrected chi connectivity index (χ2v) is 4.09. The molecule has 2 aromatic rings. The summed E-state index contributed by atoms with van der Waals surface area (Å²) in [6, 6.07) is 8.26. The van der Waals surface area contributed by atoms with Gasteiger partial charge in [-0.05, 0) is 29.7 Å². The molecule has 0 atom stereocenters. The van der Waals surface area contributed by atoms with E-state index in [1.807, 2.05) is 19.1 Å². The average Bonchev–Trinajstić information content (AvgIpc) is 2.81. The fourth-order valence-corrected chi connectivity index (χ4v) is 1.78. The van der Waals surface area contributed by atoms with Crippen molar-refractivity contribution < 1.29 is 0 Å². The van der Waals surface area contributed by atoms with E-state index >= 15 is 0 Å². The quantitative estimate of drug-likeness (QED) is 0.844. The molecule has 0 saturated carbocycles. The number of benzene rings is 1. The van der Waals surface area contributed by atoms with Crippen LogP contribution in [0.15, 0.2) is 36.5 Å². The zero-order chi connectivity index (χ0) is 13.0. The molecule has 0 bridgehead atoms. The van der Waals surface area contributed by atoms with Crippen molar-refractivity contribution in [3.05, 3.63) is 58.2 Å². The summed E-state index contributed by atoms with van der Waals surface area (Å²) in [5.74, 6) is 0. The van der Waals surface area contributed by atoms with Crippen molar-refractivity contribution >= 4 is 18.2 Å². The lowest BCUT2D eigenvalue weighted by Crippen LogP contribution is -2.19. The highest BCUT2D eigenvalue weighted by atomic mass is 15.1. The van der Waals surface area contributed by atoms with Gasteiger partial charge >= 0.3 is 0 Å². The Labute approximate surface area is 106 Å². The largest absolute Gasteiger partial charge is 0.326 e. The summed E-state index contributed by atoms with van der Waals surface area (Å²) in [7, 11) is 0. The van der Waals surface area contributed by atoms with Gasteiger partial charge in [-0.1, -0.05) is 36.9 Å². The molecule has 0 aliphatic carbocycles. The number of nitrogens with one attached hydrogen (secondary N) is 1. The summed E-state index contributed by atoms with van der Waals surface area (Å²) in [4.78, 5) is 0. The zero-order valence-corrected chi connectivity index (χ0v) is 10.5. The van der Waals surface area contributed by atoms with E-state index in [0.29, 0.717) is 6.54 Å². The van der Waals surface area contributed by atoms with E-state index in [-0.39, 0.29) is 0 Å². The minimum Gasteiger partial charge on any atom is -0.326 e. The van der Waals surface area contributed by atoms with Gasteiger partial charge in [0.25, 0.3) is 0 Å². The molecule has 92 valence electrons. The minimum atomic E-state index is 0.569. The lowest BCUT2D eigenvalue weighted by atomic mass is 10.0. The molecule has 0 radical (unpaired) electrons. The fourth-order valence-electron chi connectivity index (χ4n) is 1.78. The third-order valence-electron chi connectivity index (χ3n) is 2.90. The Kier molecular flexibility index (Phi) is 3.75. The SMILES string of the molecule is C=c1[nH]nc/c1=C/C(=C\C)c1ccc(CN)cc1. The molecule has 3 nitrogen and oxygen atoms in total. The maximum absolute atomic E-state index is 5.59. The highest BCUT2D eigenvalue weighted by molar-refractivity contribution is 5.88. The van der Waals surface area contributed by atoms with Crippen LogP contribution in [0.25, 0.3) is 18.2 Å². The standard InChI is InChI=1S/C15H17N3/c1-3-13(8-15-10-17-18-11(15)2)14-6-4-12(9-16)5-7-14/h3-8,10,18H,2,9,16H2,1H3/b13-3+,15-8-. The van der Waals surface area contributed by atoms with Crippen molar-refractivity contribution in [2.24, 2.45) is 5.73 Å². The van der Waals surface area contributed by atoms with E-state index in [2.05, 4.69) is 41.1 Å². The maximum Gasteiger partial charge on any atom is 0.0578 e. The molecule has 0 aliphatic rings. The molecule has 0 fully saturated rings. The van der Waals surface area contributed by atoms with Crippen LogP contribution in [0.1, 0.15) is 18.1 Å². The van der Waals surface area contributed by atoms with Gasteiger partial charge in [-0.15, -0.1) is 0 Å². The van der Waals surface area contributed by atoms with Gasteiger partial charge in [0.15, 0.2) is 0 Å². The molecule has 1 aromatic heterocycles. The monoisotopic (exact) mass is 239 g/mol. The third kappa shape index (κ3) is 2.57. The second-order valence-electron chi connectivity index (χ2n) is 4.09. The van der Waals surface area contributed by atoms with Crippen molar-refractivity contribution in [2.45, 2.75) is 13.5 Å². The molecule has 0 spiro atoms. The lowest BCUT2D eigenvalue weighted by Gasteiger charge is -2.03. The van der Waals surface area contributed by atoms with Crippen LogP contribution in [0.3, 0.4) is 0 Å². The number of aromatic amines is 1. The van der Waals surface area contributed by atoms with Crippen LogP contribution in [-0.4, -0.2) is 10.2 Å². The molecule has 0 amide bonds. The van der Waals surface area contributed by atoms with Crippen molar-refractivity contribution in [3.8, 4) is 0 Å². The number of rotatable bonds is 3. The summed E-state index contributed by atoms with van der Waals surface area (Å²) in [6.45, 7) is 6.48. The number of aromatic nitrogens is 2. The molecule has 0 saturated heterocycles. The first kappa shape index (κ1) is 12.3. The van der Waals surface area contributed by atoms with Crippen molar-refractivity contribution in [1.29, 1.82) is 0 Å². The van der Waals surface area contributed by atoms with Crippen LogP contribution in [-0.2, 0) is 6.54 Å². The predicted molar refractivity (Wildman–Crippen MR) is 75.8 cm³/mol. The minimum absolute atomic E-state index is 0.569. The average molecular weight is 239 g/mol. The second kappa shape index (κ2) is 5.47. The molecule has 0 unspecified atom stereocenters. The fraction of sp³-hybridized carbons (Fsp3) is 0.133. The number of hydrogen-bond donors (Lipinski definition) is 2. The van der Waals surface area contributed by atoms with E-state index in [1.54, 1.807) is 6.20 Å². The number of hydrogen-bond acceptors (Lipinski definition) is 2. The number of H-pyrrole nitrogens is 1. The van der Waals surface area contributed by atoms with Crippen LogP contribution < -0.4 is 16.3 Å². The maximum atomic E-state index is 5.59. The van der Waals surface area contributed by atoms with Crippen LogP contribution in [0, 0.1) is 0 Å². The Bertz CT molecular complexity index is 648. The van der Waals surface area contributed by atoms with E-state index in [1.165, 1.54) is 0 Å². The molecule has 1 aromatic carbocycles. The Morgan fingerprint density at radius 3 is 2.61 bits per heavy atom. The summed E-state index contributed by atoms with van der Waals surface area (Å²) in [5, 5.41) is 8.63. The first-order valence-corrected chi connectivity index (χ1v) is 5.90. The van der Waals surface area contributed by atoms with Crippen LogP contribution in [0.2, 0.25) is 0 Å². The smallest absolute Gasteiger partial charge is 0.0578 e. The summed E-state index contributed by atoms with van der Waals surface area (Å²) in [5.41, 5.74) is 9.04. The summed E-state index contributed by atoms with van der Waals surface area (Å²) < 4.78 is 0. The van der Waals surface area contributed by atoms with Crippen molar-refractivity contribution in [3.63, 3.8) is 0 Å². The Hall–Kier alpha value is -2.13. The Morgan fingerprint density at radius 2 is 2.11 bits per heavy atom. The molecule has 3 N–H and O–H groups in total. The van der Waals surface area contributed by atoms with Gasteiger partial charge in [-0.2, -0.15) is 5.10 Å². The van der Waals surface area contributed by atoms with Crippen molar-refractivity contribution in [2.75, 3.05) is 0 Å². The van der Waals surface area contributed by atoms with Gasteiger partial charge in [-0.25, -0.2) is 0 Å². The first-order chi connectivity index (χ1) is 8.74. The van der Waals surface area contributed by atoms with E-state index in [9.17, 15) is 0 Å². The van der Waals surface area contributed by atoms with Gasteiger partial charge in [0.1, 0.15) is 0 Å². The summed E-state index contributed by atoms with van der Waals surface area (Å²) >= 11 is 0. The van der Waals surface area contributed by atoms with Crippen LogP contribution in [0.4, 0.5) is 0 Å². The zero-order valence-electron chi connectivity index (χ0n) is 10.5. The van der Waals surface area contributed by atoms with Crippen molar-refractivity contribution in [1.82, 2.24) is 10.2 Å². The number of nitrogens with zero attached hydrogens (tertiary/aromatic N) is 1. The van der Waals surface area contributed by atoms with Gasteiger partial charge in [0.2, 0.25) is 0 Å². The number of nitrogens with two attached hydrogens (primary N) is 1. The topological polar surface area (TPSA) is 54.7 Å². The molecule has 2 rings (SSSR count). The molecule has 0 aliphatic heterocycles. The lowest BCUT2D eigenvalue weighted by molar-refractivity contribution is 1.06. The van der Waals surface area contributed by atoms with E-state index < -0.39 is 0 Å². The molecule has 18 heavy (non-hydrogen) atoms. The molecular formula is C15H17N3. The molecule has 3 heteroatoms. The van der Waals surface area contributed by atoms with E-state index in [0.717, 1.165) is 27.3 Å². The van der Waals surface area contributed by atoms with Gasteiger partial charge < -0.3 is 5.73 Å². The van der Waals surface area contributed by atoms with Crippen LogP contribution >= 0.6 is 0 Å². The summed E-state index contributed by atoms with van der Waals surface area (Å²) in [6.07, 6.45) is 5.92. The van der Waals surface area contributed by atoms with Gasteiger partial charge in [0.05, 0.1) is 11.5 Å². The normalized spacial score (nSPS) is 13.0. The first-order valence-electron chi connectivity index (χ1n) is 5.90. The highest BCUT2D eigenvalue weighted by Crippen LogP contribution is 2.16. The van der Waals surface area contributed by atoms with Gasteiger partial charge in [0, 0.05) is 11.8 Å². The van der Waals surface area contributed by atoms with Gasteiger partial charge in [-0.3, -0.25) is 5.10 Å². The van der Waals surface area contributed by atoms with E-state index in [4.69, 9.17) is 5.73 Å². The molecular weight excluding hydrogens is 222 g/mol. The van der Waals surface area contributed by atoms with Crippen LogP contribution in [0.5, 0.6) is 0 Å². The third-order valence-corrected chi connectivity index (χ3v) is 2.90. The predicted octanol–water partition coefficient (Wildman–Crippen LogP) is 1.16. The molecule has 1 heterocycles. The Balaban J connectivity index is 2.41.